The maximum atomic E-state index is 13.4. The fraction of sp³-hybridized carbons (Fsp3) is 0.462. The second-order valence-corrected chi connectivity index (χ2v) is 12.7. The van der Waals surface area contributed by atoms with Gasteiger partial charge in [-0.3, -0.25) is 13.9 Å². The Hall–Kier alpha value is -2.29. The first kappa shape index (κ1) is 29.9. The van der Waals surface area contributed by atoms with E-state index in [1.807, 2.05) is 33.8 Å². The van der Waals surface area contributed by atoms with Gasteiger partial charge in [0.25, 0.3) is 0 Å². The molecule has 2 amide bonds. The van der Waals surface area contributed by atoms with Crippen molar-refractivity contribution >= 4 is 50.7 Å². The van der Waals surface area contributed by atoms with Crippen LogP contribution in [-0.2, 0) is 26.2 Å². The van der Waals surface area contributed by atoms with Gasteiger partial charge in [0, 0.05) is 35.1 Å². The van der Waals surface area contributed by atoms with Crippen LogP contribution in [0.3, 0.4) is 0 Å². The molecule has 0 aliphatic rings. The van der Waals surface area contributed by atoms with E-state index in [0.29, 0.717) is 21.3 Å². The molecule has 0 aliphatic heterocycles. The predicted octanol–water partition coefficient (Wildman–Crippen LogP) is 5.18. The highest BCUT2D eigenvalue weighted by Gasteiger charge is 2.29. The summed E-state index contributed by atoms with van der Waals surface area (Å²) >= 11 is 12.4. The van der Waals surface area contributed by atoms with Crippen LogP contribution >= 0.6 is 23.2 Å². The third kappa shape index (κ3) is 8.98. The first-order chi connectivity index (χ1) is 16.6. The highest BCUT2D eigenvalue weighted by Crippen LogP contribution is 2.24. The number of nitrogens with one attached hydrogen (secondary N) is 1. The Morgan fingerprint density at radius 1 is 1.08 bits per heavy atom. The van der Waals surface area contributed by atoms with E-state index in [-0.39, 0.29) is 37.7 Å². The van der Waals surface area contributed by atoms with Crippen LogP contribution in [0.5, 0.6) is 0 Å². The Morgan fingerprint density at radius 3 is 2.31 bits per heavy atom. The summed E-state index contributed by atoms with van der Waals surface area (Å²) in [5.41, 5.74) is 1.67. The van der Waals surface area contributed by atoms with Crippen LogP contribution in [0.2, 0.25) is 10.0 Å². The number of benzene rings is 2. The standard InChI is InChI=1S/C26H35Cl2N3O4S/c1-18-9-7-10-22(15-18)31(36(6,34)35)14-8-11-24(32)30(19(2)25(33)29-26(3,4)5)17-20-12-13-21(27)16-23(20)28/h7,9-10,12-13,15-16,19H,8,11,14,17H2,1-6H3,(H,29,33). The van der Waals surface area contributed by atoms with Crippen molar-refractivity contribution < 1.29 is 18.0 Å². The summed E-state index contributed by atoms with van der Waals surface area (Å²) in [6, 6.07) is 11.4. The van der Waals surface area contributed by atoms with Crippen molar-refractivity contribution in [2.75, 3.05) is 17.1 Å². The van der Waals surface area contributed by atoms with E-state index in [2.05, 4.69) is 5.32 Å². The van der Waals surface area contributed by atoms with Crippen LogP contribution in [0.15, 0.2) is 42.5 Å². The molecule has 0 saturated heterocycles. The van der Waals surface area contributed by atoms with Gasteiger partial charge < -0.3 is 10.2 Å². The summed E-state index contributed by atoms with van der Waals surface area (Å²) in [7, 11) is -3.55. The maximum absolute atomic E-state index is 13.4. The number of rotatable bonds is 10. The van der Waals surface area contributed by atoms with Crippen LogP contribution in [0.25, 0.3) is 0 Å². The first-order valence-corrected chi connectivity index (χ1v) is 14.3. The first-order valence-electron chi connectivity index (χ1n) is 11.7. The fourth-order valence-electron chi connectivity index (χ4n) is 3.68. The van der Waals surface area contributed by atoms with Crippen molar-refractivity contribution in [2.45, 2.75) is 65.6 Å². The number of carbonyl (C=O) groups is 2. The molecular weight excluding hydrogens is 521 g/mol. The van der Waals surface area contributed by atoms with Crippen LogP contribution in [0.4, 0.5) is 5.69 Å². The van der Waals surface area contributed by atoms with Gasteiger partial charge in [-0.25, -0.2) is 8.42 Å². The zero-order chi connectivity index (χ0) is 27.3. The molecule has 1 unspecified atom stereocenters. The van der Waals surface area contributed by atoms with E-state index < -0.39 is 21.6 Å². The number of anilines is 1. The van der Waals surface area contributed by atoms with Crippen molar-refractivity contribution in [3.8, 4) is 0 Å². The summed E-state index contributed by atoms with van der Waals surface area (Å²) in [6.45, 7) is 9.39. The summed E-state index contributed by atoms with van der Waals surface area (Å²) in [5, 5.41) is 3.77. The molecular formula is C26H35Cl2N3O4S. The molecule has 0 heterocycles. The van der Waals surface area contributed by atoms with Crippen molar-refractivity contribution in [3.05, 3.63) is 63.6 Å². The van der Waals surface area contributed by atoms with Gasteiger partial charge in [0.2, 0.25) is 21.8 Å². The van der Waals surface area contributed by atoms with Gasteiger partial charge in [-0.15, -0.1) is 0 Å². The molecule has 7 nitrogen and oxygen atoms in total. The van der Waals surface area contributed by atoms with Gasteiger partial charge >= 0.3 is 0 Å². The summed E-state index contributed by atoms with van der Waals surface area (Å²) in [5.74, 6) is -0.575. The second kappa shape index (κ2) is 12.3. The zero-order valence-electron chi connectivity index (χ0n) is 21.6. The monoisotopic (exact) mass is 555 g/mol. The Kier molecular flexibility index (Phi) is 10.2. The lowest BCUT2D eigenvalue weighted by atomic mass is 10.1. The van der Waals surface area contributed by atoms with Crippen LogP contribution < -0.4 is 9.62 Å². The van der Waals surface area contributed by atoms with Gasteiger partial charge in [-0.1, -0.05) is 41.4 Å². The minimum atomic E-state index is -3.55. The van der Waals surface area contributed by atoms with Crippen molar-refractivity contribution in [2.24, 2.45) is 0 Å². The Morgan fingerprint density at radius 2 is 1.75 bits per heavy atom. The van der Waals surface area contributed by atoms with Gasteiger partial charge in [0.15, 0.2) is 0 Å². The quantitative estimate of drug-likeness (QED) is 0.437. The van der Waals surface area contributed by atoms with E-state index >= 15 is 0 Å². The zero-order valence-corrected chi connectivity index (χ0v) is 24.0. The number of sulfonamides is 1. The molecule has 0 bridgehead atoms. The molecule has 0 saturated carbocycles. The normalized spacial score (nSPS) is 12.7. The van der Waals surface area contributed by atoms with E-state index in [4.69, 9.17) is 23.2 Å². The average Bonchev–Trinajstić information content (AvgIpc) is 2.73. The smallest absolute Gasteiger partial charge is 0.242 e. The van der Waals surface area contributed by atoms with Crippen molar-refractivity contribution in [1.82, 2.24) is 10.2 Å². The molecule has 1 N–H and O–H groups in total. The van der Waals surface area contributed by atoms with Gasteiger partial charge in [0.05, 0.1) is 11.9 Å². The van der Waals surface area contributed by atoms with Crippen LogP contribution in [0.1, 0.15) is 51.7 Å². The molecule has 36 heavy (non-hydrogen) atoms. The second-order valence-electron chi connectivity index (χ2n) is 9.95. The Labute approximate surface area is 224 Å². The Balaban J connectivity index is 2.23. The molecule has 10 heteroatoms. The molecule has 2 aromatic rings. The summed E-state index contributed by atoms with van der Waals surface area (Å²) < 4.78 is 26.2. The van der Waals surface area contributed by atoms with E-state index in [1.54, 1.807) is 43.3 Å². The summed E-state index contributed by atoms with van der Waals surface area (Å²) in [4.78, 5) is 27.8. The fourth-order valence-corrected chi connectivity index (χ4v) is 5.10. The van der Waals surface area contributed by atoms with E-state index in [0.717, 1.165) is 11.8 Å². The minimum absolute atomic E-state index is 0.0518. The third-order valence-corrected chi connectivity index (χ3v) is 7.24. The van der Waals surface area contributed by atoms with Gasteiger partial charge in [-0.2, -0.15) is 0 Å². The molecule has 198 valence electrons. The third-order valence-electron chi connectivity index (χ3n) is 5.46. The number of nitrogens with zero attached hydrogens (tertiary/aromatic N) is 2. The largest absolute Gasteiger partial charge is 0.350 e. The molecule has 2 rings (SSSR count). The van der Waals surface area contributed by atoms with Crippen LogP contribution in [-0.4, -0.2) is 49.5 Å². The summed E-state index contributed by atoms with van der Waals surface area (Å²) in [6.07, 6.45) is 1.47. The lowest BCUT2D eigenvalue weighted by molar-refractivity contribution is -0.141. The van der Waals surface area contributed by atoms with Gasteiger partial charge in [-0.05, 0) is 76.4 Å². The number of aryl methyl sites for hydroxylation is 1. The number of halogens is 2. The number of hydrogen-bond donors (Lipinski definition) is 1. The molecule has 0 aromatic heterocycles. The molecule has 0 radical (unpaired) electrons. The lowest BCUT2D eigenvalue weighted by Gasteiger charge is -2.32. The molecule has 1 atom stereocenters. The highest BCUT2D eigenvalue weighted by atomic mass is 35.5. The number of hydrogen-bond acceptors (Lipinski definition) is 4. The van der Waals surface area contributed by atoms with Gasteiger partial charge in [0.1, 0.15) is 6.04 Å². The maximum Gasteiger partial charge on any atom is 0.242 e. The van der Waals surface area contributed by atoms with Crippen molar-refractivity contribution in [3.63, 3.8) is 0 Å². The average molecular weight is 557 g/mol. The van der Waals surface area contributed by atoms with E-state index in [9.17, 15) is 18.0 Å². The predicted molar refractivity (Wildman–Crippen MR) is 147 cm³/mol. The lowest BCUT2D eigenvalue weighted by Crippen LogP contribution is -2.52. The molecule has 2 aromatic carbocycles. The highest BCUT2D eigenvalue weighted by molar-refractivity contribution is 7.92. The topological polar surface area (TPSA) is 86.8 Å². The minimum Gasteiger partial charge on any atom is -0.350 e. The van der Waals surface area contributed by atoms with E-state index in [1.165, 1.54) is 9.21 Å². The number of amides is 2. The van der Waals surface area contributed by atoms with Crippen LogP contribution in [0, 0.1) is 6.92 Å². The molecule has 0 fully saturated rings. The Bertz CT molecular complexity index is 1200. The molecule has 0 spiro atoms. The SMILES string of the molecule is Cc1cccc(N(CCCC(=O)N(Cc2ccc(Cl)cc2Cl)C(C)C(=O)NC(C)(C)C)S(C)(=O)=O)c1. The number of carbonyl (C=O) groups excluding carboxylic acids is 2. The molecule has 0 aliphatic carbocycles. The van der Waals surface area contributed by atoms with Crippen molar-refractivity contribution in [1.29, 1.82) is 0 Å².